The van der Waals surface area contributed by atoms with Crippen LogP contribution in [0, 0.1) is 6.92 Å². The molecule has 0 saturated carbocycles. The van der Waals surface area contributed by atoms with E-state index in [0.29, 0.717) is 5.69 Å². The van der Waals surface area contributed by atoms with Gasteiger partial charge in [0.25, 0.3) is 5.91 Å². The van der Waals surface area contributed by atoms with Gasteiger partial charge in [-0.3, -0.25) is 4.79 Å². The highest BCUT2D eigenvalue weighted by atomic mass is 32.2. The maximum Gasteiger partial charge on any atom is 0.338 e. The standard InChI is InChI=1S/C24H20N2O5S2/c1-15-6-11-20-21(12-15)32-23(26-20)16-7-9-18(10-8-16)25-22(27)14-31-24(28)17-4-3-5-19(13-17)33(2,29)30/h3-13H,14H2,1-2H3,(H,25,27). The van der Waals surface area contributed by atoms with Crippen LogP contribution in [-0.4, -0.2) is 38.1 Å². The molecule has 1 aromatic heterocycles. The van der Waals surface area contributed by atoms with Gasteiger partial charge in [0.15, 0.2) is 16.4 Å². The number of esters is 1. The molecule has 3 aromatic carbocycles. The molecule has 168 valence electrons. The fourth-order valence-electron chi connectivity index (χ4n) is 3.12. The first-order chi connectivity index (χ1) is 15.7. The molecule has 1 amide bonds. The van der Waals surface area contributed by atoms with Crippen molar-refractivity contribution >= 4 is 49.0 Å². The monoisotopic (exact) mass is 480 g/mol. The van der Waals surface area contributed by atoms with Crippen molar-refractivity contribution in [3.63, 3.8) is 0 Å². The maximum absolute atomic E-state index is 12.2. The van der Waals surface area contributed by atoms with Crippen molar-refractivity contribution in [1.29, 1.82) is 0 Å². The molecular formula is C24H20N2O5S2. The molecule has 0 unspecified atom stereocenters. The normalized spacial score (nSPS) is 11.3. The van der Waals surface area contributed by atoms with Gasteiger partial charge in [0.1, 0.15) is 5.01 Å². The van der Waals surface area contributed by atoms with Crippen molar-refractivity contribution in [2.24, 2.45) is 0 Å². The maximum atomic E-state index is 12.2. The lowest BCUT2D eigenvalue weighted by Crippen LogP contribution is -2.21. The number of amides is 1. The number of benzene rings is 3. The minimum absolute atomic E-state index is 0.00440. The number of hydrogen-bond acceptors (Lipinski definition) is 7. The Labute approximate surface area is 195 Å². The van der Waals surface area contributed by atoms with Crippen LogP contribution >= 0.6 is 11.3 Å². The van der Waals surface area contributed by atoms with Gasteiger partial charge in [-0.25, -0.2) is 18.2 Å². The lowest BCUT2D eigenvalue weighted by molar-refractivity contribution is -0.119. The number of hydrogen-bond donors (Lipinski definition) is 1. The van der Waals surface area contributed by atoms with Crippen molar-refractivity contribution in [2.75, 3.05) is 18.2 Å². The van der Waals surface area contributed by atoms with Crippen LogP contribution in [0.1, 0.15) is 15.9 Å². The smallest absolute Gasteiger partial charge is 0.338 e. The quantitative estimate of drug-likeness (QED) is 0.409. The Bertz CT molecular complexity index is 1460. The van der Waals surface area contributed by atoms with Crippen LogP contribution < -0.4 is 5.32 Å². The number of rotatable bonds is 6. The summed E-state index contributed by atoms with van der Waals surface area (Å²) in [4.78, 5) is 29.0. The van der Waals surface area contributed by atoms with E-state index in [1.54, 1.807) is 23.5 Å². The summed E-state index contributed by atoms with van der Waals surface area (Å²) in [7, 11) is -3.46. The highest BCUT2D eigenvalue weighted by Gasteiger charge is 2.14. The number of nitrogens with one attached hydrogen (secondary N) is 1. The highest BCUT2D eigenvalue weighted by Crippen LogP contribution is 2.31. The molecule has 0 spiro atoms. The lowest BCUT2D eigenvalue weighted by Gasteiger charge is -2.08. The fourth-order valence-corrected chi connectivity index (χ4v) is 4.85. The average molecular weight is 481 g/mol. The van der Waals surface area contributed by atoms with Crippen LogP contribution in [0.4, 0.5) is 5.69 Å². The molecule has 4 rings (SSSR count). The van der Waals surface area contributed by atoms with Gasteiger partial charge in [-0.05, 0) is 67.1 Å². The summed E-state index contributed by atoms with van der Waals surface area (Å²) in [6.07, 6.45) is 1.05. The summed E-state index contributed by atoms with van der Waals surface area (Å²) in [6, 6.07) is 18.8. The van der Waals surface area contributed by atoms with E-state index in [4.69, 9.17) is 4.74 Å². The zero-order valence-electron chi connectivity index (χ0n) is 17.9. The SMILES string of the molecule is Cc1ccc2nc(-c3ccc(NC(=O)COC(=O)c4cccc(S(C)(=O)=O)c4)cc3)sc2c1. The third kappa shape index (κ3) is 5.44. The average Bonchev–Trinajstić information content (AvgIpc) is 3.20. The van der Waals surface area contributed by atoms with E-state index in [0.717, 1.165) is 27.0 Å². The first kappa shape index (κ1) is 22.6. The molecule has 0 aliphatic carbocycles. The number of fused-ring (bicyclic) bond motifs is 1. The van der Waals surface area contributed by atoms with E-state index < -0.39 is 28.3 Å². The number of aromatic nitrogens is 1. The molecular weight excluding hydrogens is 460 g/mol. The molecule has 0 aliphatic heterocycles. The highest BCUT2D eigenvalue weighted by molar-refractivity contribution is 7.90. The number of nitrogens with zero attached hydrogens (tertiary/aromatic N) is 1. The van der Waals surface area contributed by atoms with E-state index in [1.807, 2.05) is 31.2 Å². The largest absolute Gasteiger partial charge is 0.452 e. The minimum atomic E-state index is -3.46. The number of sulfone groups is 1. The van der Waals surface area contributed by atoms with E-state index in [-0.39, 0.29) is 10.5 Å². The Hall–Kier alpha value is -3.56. The number of aryl methyl sites for hydroxylation is 1. The first-order valence-electron chi connectivity index (χ1n) is 9.94. The van der Waals surface area contributed by atoms with Gasteiger partial charge in [-0.15, -0.1) is 11.3 Å². The summed E-state index contributed by atoms with van der Waals surface area (Å²) >= 11 is 1.60. The van der Waals surface area contributed by atoms with Crippen molar-refractivity contribution in [1.82, 2.24) is 4.98 Å². The Morgan fingerprint density at radius 3 is 2.52 bits per heavy atom. The second kappa shape index (κ2) is 9.13. The molecule has 0 aliphatic rings. The Morgan fingerprint density at radius 2 is 1.79 bits per heavy atom. The zero-order chi connectivity index (χ0) is 23.6. The molecule has 0 radical (unpaired) electrons. The van der Waals surface area contributed by atoms with Gasteiger partial charge in [0, 0.05) is 17.5 Å². The van der Waals surface area contributed by atoms with Gasteiger partial charge in [-0.1, -0.05) is 12.1 Å². The van der Waals surface area contributed by atoms with Crippen molar-refractivity contribution in [3.8, 4) is 10.6 Å². The molecule has 1 N–H and O–H groups in total. The van der Waals surface area contributed by atoms with E-state index in [2.05, 4.69) is 16.4 Å². The van der Waals surface area contributed by atoms with Gasteiger partial charge in [-0.2, -0.15) is 0 Å². The third-order valence-electron chi connectivity index (χ3n) is 4.79. The Kier molecular flexibility index (Phi) is 6.26. The van der Waals surface area contributed by atoms with E-state index in [9.17, 15) is 18.0 Å². The second-order valence-electron chi connectivity index (χ2n) is 7.49. The fraction of sp³-hybridized carbons (Fsp3) is 0.125. The number of thiazole rings is 1. The van der Waals surface area contributed by atoms with Gasteiger partial charge in [0.2, 0.25) is 0 Å². The molecule has 7 nitrogen and oxygen atoms in total. The summed E-state index contributed by atoms with van der Waals surface area (Å²) < 4.78 is 29.4. The number of carbonyl (C=O) groups is 2. The van der Waals surface area contributed by atoms with Crippen molar-refractivity contribution in [3.05, 3.63) is 77.9 Å². The lowest BCUT2D eigenvalue weighted by atomic mass is 10.2. The van der Waals surface area contributed by atoms with Gasteiger partial charge >= 0.3 is 5.97 Å². The van der Waals surface area contributed by atoms with Crippen LogP contribution in [0.3, 0.4) is 0 Å². The summed E-state index contributed by atoms with van der Waals surface area (Å²) in [5.74, 6) is -1.29. The van der Waals surface area contributed by atoms with Crippen molar-refractivity contribution in [2.45, 2.75) is 11.8 Å². The topological polar surface area (TPSA) is 102 Å². The molecule has 9 heteroatoms. The van der Waals surface area contributed by atoms with E-state index >= 15 is 0 Å². The molecule has 4 aromatic rings. The minimum Gasteiger partial charge on any atom is -0.452 e. The second-order valence-corrected chi connectivity index (χ2v) is 10.5. The molecule has 0 fully saturated rings. The Balaban J connectivity index is 1.36. The van der Waals surface area contributed by atoms with Gasteiger partial charge in [0.05, 0.1) is 20.7 Å². The third-order valence-corrected chi connectivity index (χ3v) is 6.97. The molecule has 1 heterocycles. The predicted octanol–water partition coefficient (Wildman–Crippen LogP) is 4.47. The van der Waals surface area contributed by atoms with Crippen LogP contribution in [0.2, 0.25) is 0 Å². The Morgan fingerprint density at radius 1 is 1.03 bits per heavy atom. The van der Waals surface area contributed by atoms with Crippen molar-refractivity contribution < 1.29 is 22.7 Å². The van der Waals surface area contributed by atoms with Gasteiger partial charge < -0.3 is 10.1 Å². The van der Waals surface area contributed by atoms with Crippen LogP contribution in [0.15, 0.2) is 71.6 Å². The summed E-state index contributed by atoms with van der Waals surface area (Å²) in [5.41, 5.74) is 3.67. The molecule has 33 heavy (non-hydrogen) atoms. The molecule has 0 saturated heterocycles. The number of carbonyl (C=O) groups excluding carboxylic acids is 2. The number of ether oxygens (including phenoxy) is 1. The summed E-state index contributed by atoms with van der Waals surface area (Å²) in [6.45, 7) is 1.54. The summed E-state index contributed by atoms with van der Waals surface area (Å²) in [5, 5.41) is 3.56. The van der Waals surface area contributed by atoms with Crippen LogP contribution in [0.5, 0.6) is 0 Å². The zero-order valence-corrected chi connectivity index (χ0v) is 19.5. The van der Waals surface area contributed by atoms with Crippen LogP contribution in [0.25, 0.3) is 20.8 Å². The molecule has 0 atom stereocenters. The van der Waals surface area contributed by atoms with E-state index in [1.165, 1.54) is 29.8 Å². The van der Waals surface area contributed by atoms with Crippen LogP contribution in [-0.2, 0) is 19.4 Å². The molecule has 0 bridgehead atoms. The number of anilines is 1. The first-order valence-corrected chi connectivity index (χ1v) is 12.6. The predicted molar refractivity (Wildman–Crippen MR) is 128 cm³/mol.